The summed E-state index contributed by atoms with van der Waals surface area (Å²) in [5, 5.41) is 5.52. The number of rotatable bonds is 5. The fourth-order valence-corrected chi connectivity index (χ4v) is 2.47. The maximum atomic E-state index is 5.46. The highest BCUT2D eigenvalue weighted by Gasteiger charge is 2.20. The van der Waals surface area contributed by atoms with Gasteiger partial charge in [0.1, 0.15) is 0 Å². The molecule has 1 heterocycles. The molecular weight excluding hydrogens is 194 g/mol. The van der Waals surface area contributed by atoms with E-state index in [1.54, 1.807) is 18.4 Å². The van der Waals surface area contributed by atoms with Crippen LogP contribution in [0.2, 0.25) is 0 Å². The summed E-state index contributed by atoms with van der Waals surface area (Å²) in [6, 6.07) is 2.54. The van der Waals surface area contributed by atoms with Crippen molar-refractivity contribution in [2.24, 2.45) is 0 Å². The van der Waals surface area contributed by atoms with E-state index in [0.29, 0.717) is 6.04 Å². The van der Waals surface area contributed by atoms with Gasteiger partial charge in [-0.25, -0.2) is 0 Å². The molecule has 0 amide bonds. The molecule has 0 aromatic carbocycles. The molecule has 0 radical (unpaired) electrons. The largest absolute Gasteiger partial charge is 0.379 e. The highest BCUT2D eigenvalue weighted by Crippen LogP contribution is 2.25. The summed E-state index contributed by atoms with van der Waals surface area (Å²) in [5.41, 5.74) is 1.34. The minimum atomic E-state index is 0.258. The first-order valence-corrected chi connectivity index (χ1v) is 5.86. The van der Waals surface area contributed by atoms with Crippen LogP contribution in [0.5, 0.6) is 0 Å². The quantitative estimate of drug-likeness (QED) is 0.812. The van der Waals surface area contributed by atoms with Gasteiger partial charge >= 0.3 is 0 Å². The summed E-state index contributed by atoms with van der Waals surface area (Å²) in [6.07, 6.45) is 1.28. The van der Waals surface area contributed by atoms with Crippen molar-refractivity contribution in [1.29, 1.82) is 0 Å². The fraction of sp³-hybridized carbons (Fsp3) is 0.636. The van der Waals surface area contributed by atoms with E-state index in [1.807, 2.05) is 7.05 Å². The lowest BCUT2D eigenvalue weighted by Gasteiger charge is -2.23. The Kier molecular flexibility index (Phi) is 4.58. The smallest absolute Gasteiger partial charge is 0.0763 e. The molecule has 0 fully saturated rings. The van der Waals surface area contributed by atoms with Gasteiger partial charge < -0.3 is 10.1 Å². The zero-order chi connectivity index (χ0) is 10.6. The van der Waals surface area contributed by atoms with Crippen molar-refractivity contribution in [1.82, 2.24) is 5.32 Å². The highest BCUT2D eigenvalue weighted by molar-refractivity contribution is 7.10. The summed E-state index contributed by atoms with van der Waals surface area (Å²) in [6.45, 7) is 4.28. The van der Waals surface area contributed by atoms with Crippen molar-refractivity contribution in [3.8, 4) is 0 Å². The number of nitrogens with one attached hydrogen (secondary N) is 1. The van der Waals surface area contributed by atoms with Crippen molar-refractivity contribution in [2.45, 2.75) is 32.4 Å². The van der Waals surface area contributed by atoms with Gasteiger partial charge in [-0.2, -0.15) is 0 Å². The number of likely N-dealkylation sites (N-methyl/N-ethyl adjacent to an activating group) is 1. The van der Waals surface area contributed by atoms with Crippen molar-refractivity contribution >= 4 is 11.3 Å². The predicted molar refractivity (Wildman–Crippen MR) is 61.9 cm³/mol. The summed E-state index contributed by atoms with van der Waals surface area (Å²) in [7, 11) is 3.76. The van der Waals surface area contributed by atoms with E-state index in [9.17, 15) is 0 Å². The predicted octanol–water partition coefficient (Wildman–Crippen LogP) is 2.74. The average molecular weight is 213 g/mol. The molecular formula is C11H19NOS. The molecule has 0 saturated heterocycles. The Labute approximate surface area is 90.3 Å². The SMILES string of the molecule is CCC(OC)C(NC)c1csc(C)c1. The van der Waals surface area contributed by atoms with Crippen LogP contribution >= 0.6 is 11.3 Å². The lowest BCUT2D eigenvalue weighted by Crippen LogP contribution is -2.30. The van der Waals surface area contributed by atoms with E-state index < -0.39 is 0 Å². The molecule has 3 heteroatoms. The molecule has 0 aliphatic heterocycles. The number of hydrogen-bond donors (Lipinski definition) is 1. The third-order valence-electron chi connectivity index (χ3n) is 2.50. The van der Waals surface area contributed by atoms with Gasteiger partial charge in [0.15, 0.2) is 0 Å². The molecule has 1 aromatic rings. The standard InChI is InChI=1S/C11H19NOS/c1-5-10(13-4)11(12-3)9-6-8(2)14-7-9/h6-7,10-12H,5H2,1-4H3. The number of methoxy groups -OCH3 is 1. The first kappa shape index (κ1) is 11.7. The van der Waals surface area contributed by atoms with Gasteiger partial charge in [-0.3, -0.25) is 0 Å². The maximum absolute atomic E-state index is 5.46. The summed E-state index contributed by atoms with van der Waals surface area (Å²) in [4.78, 5) is 1.35. The second kappa shape index (κ2) is 5.49. The summed E-state index contributed by atoms with van der Waals surface area (Å²) >= 11 is 1.79. The van der Waals surface area contributed by atoms with Gasteiger partial charge in [0, 0.05) is 12.0 Å². The van der Waals surface area contributed by atoms with E-state index in [0.717, 1.165) is 6.42 Å². The molecule has 2 atom stereocenters. The first-order valence-electron chi connectivity index (χ1n) is 4.98. The van der Waals surface area contributed by atoms with Gasteiger partial charge in [-0.15, -0.1) is 11.3 Å². The van der Waals surface area contributed by atoms with E-state index in [2.05, 4.69) is 30.6 Å². The molecule has 0 bridgehead atoms. The molecule has 0 saturated carbocycles. The van der Waals surface area contributed by atoms with Crippen molar-refractivity contribution in [3.05, 3.63) is 21.9 Å². The van der Waals surface area contributed by atoms with Crippen LogP contribution in [0.1, 0.15) is 29.8 Å². The fourth-order valence-electron chi connectivity index (χ4n) is 1.73. The topological polar surface area (TPSA) is 21.3 Å². The Bertz CT molecular complexity index is 268. The van der Waals surface area contributed by atoms with E-state index in [1.165, 1.54) is 10.4 Å². The number of hydrogen-bond acceptors (Lipinski definition) is 3. The van der Waals surface area contributed by atoms with Crippen LogP contribution in [0, 0.1) is 6.92 Å². The minimum absolute atomic E-state index is 0.258. The molecule has 1 N–H and O–H groups in total. The van der Waals surface area contributed by atoms with Gasteiger partial charge in [-0.1, -0.05) is 6.92 Å². The van der Waals surface area contributed by atoms with E-state index in [4.69, 9.17) is 4.74 Å². The Morgan fingerprint density at radius 1 is 1.57 bits per heavy atom. The third kappa shape index (κ3) is 2.56. The minimum Gasteiger partial charge on any atom is -0.379 e. The zero-order valence-electron chi connectivity index (χ0n) is 9.33. The van der Waals surface area contributed by atoms with E-state index >= 15 is 0 Å². The van der Waals surface area contributed by atoms with Gasteiger partial charge in [0.05, 0.1) is 12.1 Å². The Balaban J connectivity index is 2.80. The van der Waals surface area contributed by atoms with Crippen LogP contribution in [0.4, 0.5) is 0 Å². The van der Waals surface area contributed by atoms with Crippen molar-refractivity contribution < 1.29 is 4.74 Å². The number of ether oxygens (including phenoxy) is 1. The summed E-state index contributed by atoms with van der Waals surface area (Å²) in [5.74, 6) is 0. The molecule has 0 aliphatic rings. The number of thiophene rings is 1. The van der Waals surface area contributed by atoms with Crippen LogP contribution in [0.15, 0.2) is 11.4 Å². The van der Waals surface area contributed by atoms with Gasteiger partial charge in [0.2, 0.25) is 0 Å². The molecule has 0 spiro atoms. The molecule has 0 aliphatic carbocycles. The number of aryl methyl sites for hydroxylation is 1. The molecule has 1 rings (SSSR count). The molecule has 2 unspecified atom stereocenters. The van der Waals surface area contributed by atoms with Crippen LogP contribution < -0.4 is 5.32 Å². The maximum Gasteiger partial charge on any atom is 0.0763 e. The van der Waals surface area contributed by atoms with Crippen LogP contribution in [0.3, 0.4) is 0 Å². The second-order valence-corrected chi connectivity index (χ2v) is 4.55. The van der Waals surface area contributed by atoms with Crippen molar-refractivity contribution in [3.63, 3.8) is 0 Å². The summed E-state index contributed by atoms with van der Waals surface area (Å²) < 4.78 is 5.46. The monoisotopic (exact) mass is 213 g/mol. The Morgan fingerprint density at radius 3 is 2.64 bits per heavy atom. The highest BCUT2D eigenvalue weighted by atomic mass is 32.1. The molecule has 80 valence electrons. The first-order chi connectivity index (χ1) is 6.72. The lowest BCUT2D eigenvalue weighted by molar-refractivity contribution is 0.0677. The van der Waals surface area contributed by atoms with Crippen LogP contribution in [-0.4, -0.2) is 20.3 Å². The lowest BCUT2D eigenvalue weighted by atomic mass is 10.0. The van der Waals surface area contributed by atoms with Crippen molar-refractivity contribution in [2.75, 3.05) is 14.2 Å². The van der Waals surface area contributed by atoms with E-state index in [-0.39, 0.29) is 6.10 Å². The van der Waals surface area contributed by atoms with Crippen LogP contribution in [-0.2, 0) is 4.74 Å². The molecule has 14 heavy (non-hydrogen) atoms. The molecule has 1 aromatic heterocycles. The van der Waals surface area contributed by atoms with Crippen LogP contribution in [0.25, 0.3) is 0 Å². The Morgan fingerprint density at radius 2 is 2.29 bits per heavy atom. The second-order valence-electron chi connectivity index (χ2n) is 3.44. The zero-order valence-corrected chi connectivity index (χ0v) is 10.1. The Hall–Kier alpha value is -0.380. The normalized spacial score (nSPS) is 15.4. The average Bonchev–Trinajstić information content (AvgIpc) is 2.60. The van der Waals surface area contributed by atoms with Gasteiger partial charge in [-0.05, 0) is 37.4 Å². The third-order valence-corrected chi connectivity index (χ3v) is 3.38. The van der Waals surface area contributed by atoms with Gasteiger partial charge in [0.25, 0.3) is 0 Å². The molecule has 2 nitrogen and oxygen atoms in total.